The Bertz CT molecular complexity index is 1030. The standard InChI is InChI=1S/C23H23N3O3S/c27-20(12-26-21(28)17-7-3-4-8-18(17)22(26)29)25-23-24-19(13-30-23)16-10-9-14-5-1-2-6-15(14)11-16/h3-4,9-11,13,17-18H,1-2,5-8,12H2,(H,24,25,27)/t17-,18-/m0/s1. The summed E-state index contributed by atoms with van der Waals surface area (Å²) in [6.45, 7) is -0.252. The first-order chi connectivity index (χ1) is 14.6. The van der Waals surface area contributed by atoms with Gasteiger partial charge in [-0.3, -0.25) is 19.3 Å². The van der Waals surface area contributed by atoms with Crippen molar-refractivity contribution in [2.45, 2.75) is 38.5 Å². The number of aryl methyl sites for hydroxylation is 2. The number of anilines is 1. The van der Waals surface area contributed by atoms with Gasteiger partial charge in [0, 0.05) is 10.9 Å². The topological polar surface area (TPSA) is 79.4 Å². The number of nitrogens with zero attached hydrogens (tertiary/aromatic N) is 2. The molecule has 6 nitrogen and oxygen atoms in total. The lowest BCUT2D eigenvalue weighted by molar-refractivity contribution is -0.142. The number of imide groups is 1. The average Bonchev–Trinajstić information content (AvgIpc) is 3.32. The zero-order valence-corrected chi connectivity index (χ0v) is 17.4. The molecule has 154 valence electrons. The van der Waals surface area contributed by atoms with E-state index < -0.39 is 5.91 Å². The summed E-state index contributed by atoms with van der Waals surface area (Å²) in [5.41, 5.74) is 4.69. The Kier molecular flexibility index (Phi) is 4.98. The Hall–Kier alpha value is -2.80. The van der Waals surface area contributed by atoms with Crippen molar-refractivity contribution in [2.24, 2.45) is 11.8 Å². The third kappa shape index (κ3) is 3.47. The van der Waals surface area contributed by atoms with Crippen LogP contribution in [0.25, 0.3) is 11.3 Å². The highest BCUT2D eigenvalue weighted by Gasteiger charge is 2.47. The second kappa shape index (κ2) is 7.80. The van der Waals surface area contributed by atoms with Gasteiger partial charge in [0.25, 0.3) is 0 Å². The van der Waals surface area contributed by atoms with E-state index in [1.165, 1.54) is 35.3 Å². The molecular weight excluding hydrogens is 398 g/mol. The summed E-state index contributed by atoms with van der Waals surface area (Å²) in [7, 11) is 0. The van der Waals surface area contributed by atoms with Crippen LogP contribution in [0, 0.1) is 11.8 Å². The number of rotatable bonds is 4. The summed E-state index contributed by atoms with van der Waals surface area (Å²) in [6.07, 6.45) is 9.74. The number of benzene rings is 1. The molecule has 1 aromatic heterocycles. The predicted molar refractivity (Wildman–Crippen MR) is 115 cm³/mol. The largest absolute Gasteiger partial charge is 0.300 e. The quantitative estimate of drug-likeness (QED) is 0.605. The van der Waals surface area contributed by atoms with Crippen LogP contribution < -0.4 is 5.32 Å². The molecule has 1 aromatic carbocycles. The lowest BCUT2D eigenvalue weighted by Gasteiger charge is -2.16. The number of amides is 3. The van der Waals surface area contributed by atoms with Gasteiger partial charge in [-0.2, -0.15) is 0 Å². The molecule has 2 atom stereocenters. The molecular formula is C23H23N3O3S. The number of hydrogen-bond donors (Lipinski definition) is 1. The van der Waals surface area contributed by atoms with E-state index >= 15 is 0 Å². The van der Waals surface area contributed by atoms with E-state index in [1.54, 1.807) is 0 Å². The molecule has 2 heterocycles. The summed E-state index contributed by atoms with van der Waals surface area (Å²) >= 11 is 1.35. The number of fused-ring (bicyclic) bond motifs is 2. The highest BCUT2D eigenvalue weighted by molar-refractivity contribution is 7.14. The molecule has 3 aliphatic rings. The van der Waals surface area contributed by atoms with Gasteiger partial charge in [-0.25, -0.2) is 4.98 Å². The van der Waals surface area contributed by atoms with E-state index in [0.29, 0.717) is 18.0 Å². The zero-order chi connectivity index (χ0) is 20.7. The predicted octanol–water partition coefficient (Wildman–Crippen LogP) is 3.58. The normalized spacial score (nSPS) is 22.7. The number of allylic oxidation sites excluding steroid dienone is 2. The molecule has 1 saturated heterocycles. The molecule has 0 unspecified atom stereocenters. The summed E-state index contributed by atoms with van der Waals surface area (Å²) < 4.78 is 0. The van der Waals surface area contributed by atoms with Crippen molar-refractivity contribution in [2.75, 3.05) is 11.9 Å². The van der Waals surface area contributed by atoms with E-state index in [1.807, 2.05) is 17.5 Å². The van der Waals surface area contributed by atoms with Crippen LogP contribution in [0.5, 0.6) is 0 Å². The summed E-state index contributed by atoms with van der Waals surface area (Å²) in [6, 6.07) is 6.47. The summed E-state index contributed by atoms with van der Waals surface area (Å²) in [4.78, 5) is 43.2. The third-order valence-corrected chi connectivity index (χ3v) is 7.05. The minimum absolute atomic E-state index is 0.238. The van der Waals surface area contributed by atoms with Gasteiger partial charge >= 0.3 is 0 Å². The van der Waals surface area contributed by atoms with Crippen molar-refractivity contribution < 1.29 is 14.4 Å². The number of thiazole rings is 1. The molecule has 0 bridgehead atoms. The number of nitrogens with one attached hydrogen (secondary N) is 1. The number of aromatic nitrogens is 1. The van der Waals surface area contributed by atoms with Gasteiger partial charge in [-0.15, -0.1) is 11.3 Å². The molecule has 1 N–H and O–H groups in total. The molecule has 30 heavy (non-hydrogen) atoms. The van der Waals surface area contributed by atoms with Gasteiger partial charge in [0.05, 0.1) is 17.5 Å². The molecule has 3 amide bonds. The van der Waals surface area contributed by atoms with Crippen molar-refractivity contribution in [3.8, 4) is 11.3 Å². The fourth-order valence-corrected chi connectivity index (χ4v) is 5.42. The highest BCUT2D eigenvalue weighted by atomic mass is 32.1. The van der Waals surface area contributed by atoms with Crippen LogP contribution in [0.3, 0.4) is 0 Å². The van der Waals surface area contributed by atoms with Crippen molar-refractivity contribution in [1.82, 2.24) is 9.88 Å². The van der Waals surface area contributed by atoms with Gasteiger partial charge in [0.2, 0.25) is 17.7 Å². The van der Waals surface area contributed by atoms with Crippen LogP contribution in [0.4, 0.5) is 5.13 Å². The Balaban J connectivity index is 1.25. The smallest absolute Gasteiger partial charge is 0.246 e. The second-order valence-corrected chi connectivity index (χ2v) is 9.05. The van der Waals surface area contributed by atoms with Crippen LogP contribution in [-0.2, 0) is 27.2 Å². The lowest BCUT2D eigenvalue weighted by atomic mass is 9.85. The van der Waals surface area contributed by atoms with Crippen LogP contribution >= 0.6 is 11.3 Å². The molecule has 1 fully saturated rings. The number of carbonyl (C=O) groups excluding carboxylic acids is 3. The van der Waals surface area contributed by atoms with Crippen molar-refractivity contribution in [3.05, 3.63) is 46.9 Å². The Morgan fingerprint density at radius 3 is 2.50 bits per heavy atom. The SMILES string of the molecule is O=C(CN1C(=O)[C@H]2CC=CC[C@@H]2C1=O)Nc1nc(-c2ccc3c(c2)CCCC3)cs1. The molecule has 0 spiro atoms. The lowest BCUT2D eigenvalue weighted by Crippen LogP contribution is -2.38. The Labute approximate surface area is 179 Å². The maximum atomic E-state index is 12.5. The number of hydrogen-bond acceptors (Lipinski definition) is 5. The first-order valence-corrected chi connectivity index (χ1v) is 11.4. The van der Waals surface area contributed by atoms with Gasteiger partial charge < -0.3 is 5.32 Å². The fraction of sp³-hybridized carbons (Fsp3) is 0.391. The maximum Gasteiger partial charge on any atom is 0.246 e. The number of carbonyl (C=O) groups is 3. The Morgan fingerprint density at radius 2 is 1.77 bits per heavy atom. The summed E-state index contributed by atoms with van der Waals surface area (Å²) in [5, 5.41) is 5.15. The van der Waals surface area contributed by atoms with Crippen LogP contribution in [0.15, 0.2) is 35.7 Å². The molecule has 1 aliphatic heterocycles. The van der Waals surface area contributed by atoms with Gasteiger partial charge in [0.1, 0.15) is 6.54 Å². The molecule has 2 aromatic rings. The average molecular weight is 422 g/mol. The molecule has 0 radical (unpaired) electrons. The van der Waals surface area contributed by atoms with E-state index in [0.717, 1.165) is 29.0 Å². The first-order valence-electron chi connectivity index (χ1n) is 10.5. The second-order valence-electron chi connectivity index (χ2n) is 8.20. The molecule has 2 aliphatic carbocycles. The van der Waals surface area contributed by atoms with E-state index in [2.05, 4.69) is 28.5 Å². The highest BCUT2D eigenvalue weighted by Crippen LogP contribution is 2.35. The van der Waals surface area contributed by atoms with Crippen LogP contribution in [0.2, 0.25) is 0 Å². The van der Waals surface area contributed by atoms with Gasteiger partial charge in [-0.1, -0.05) is 24.3 Å². The summed E-state index contributed by atoms with van der Waals surface area (Å²) in [5.74, 6) is -1.50. The molecule has 0 saturated carbocycles. The van der Waals surface area contributed by atoms with Crippen molar-refractivity contribution >= 4 is 34.2 Å². The number of likely N-dealkylation sites (tertiary alicyclic amines) is 1. The maximum absolute atomic E-state index is 12.5. The van der Waals surface area contributed by atoms with Crippen molar-refractivity contribution in [1.29, 1.82) is 0 Å². The first kappa shape index (κ1) is 19.2. The third-order valence-electron chi connectivity index (χ3n) is 6.30. The van der Waals surface area contributed by atoms with Crippen LogP contribution in [0.1, 0.15) is 36.8 Å². The minimum Gasteiger partial charge on any atom is -0.300 e. The molecule has 7 heteroatoms. The van der Waals surface area contributed by atoms with Crippen LogP contribution in [-0.4, -0.2) is 34.2 Å². The van der Waals surface area contributed by atoms with E-state index in [9.17, 15) is 14.4 Å². The monoisotopic (exact) mass is 421 g/mol. The van der Waals surface area contributed by atoms with Crippen molar-refractivity contribution in [3.63, 3.8) is 0 Å². The zero-order valence-electron chi connectivity index (χ0n) is 16.6. The van der Waals surface area contributed by atoms with E-state index in [4.69, 9.17) is 0 Å². The van der Waals surface area contributed by atoms with E-state index in [-0.39, 0.29) is 30.2 Å². The Morgan fingerprint density at radius 1 is 1.07 bits per heavy atom. The van der Waals surface area contributed by atoms with Gasteiger partial charge in [0.15, 0.2) is 5.13 Å². The minimum atomic E-state index is -0.394. The fourth-order valence-electron chi connectivity index (χ4n) is 4.68. The van der Waals surface area contributed by atoms with Gasteiger partial charge in [-0.05, 0) is 55.7 Å². The molecule has 5 rings (SSSR count).